The molecule has 0 fully saturated rings. The second kappa shape index (κ2) is 4.73. The van der Waals surface area contributed by atoms with Gasteiger partial charge in [-0.2, -0.15) is 0 Å². The normalized spacial score (nSPS) is 11.1. The van der Waals surface area contributed by atoms with Crippen molar-refractivity contribution in [3.05, 3.63) is 59.1 Å². The van der Waals surface area contributed by atoms with Crippen LogP contribution in [-0.4, -0.2) is 22.1 Å². The predicted molar refractivity (Wildman–Crippen MR) is 86.2 cm³/mol. The van der Waals surface area contributed by atoms with Crippen molar-refractivity contribution in [2.75, 3.05) is 7.11 Å². The monoisotopic (exact) mass is 291 g/mol. The van der Waals surface area contributed by atoms with E-state index < -0.39 is 0 Å². The Morgan fingerprint density at radius 2 is 1.91 bits per heavy atom. The summed E-state index contributed by atoms with van der Waals surface area (Å²) in [5, 5.41) is 1.92. The van der Waals surface area contributed by atoms with Crippen LogP contribution in [0, 0.1) is 0 Å². The fraction of sp³-hybridized carbons (Fsp3) is 0.0588. The van der Waals surface area contributed by atoms with Crippen LogP contribution in [0.4, 0.5) is 0 Å². The van der Waals surface area contributed by atoms with E-state index in [1.54, 1.807) is 19.5 Å². The smallest absolute Gasteiger partial charge is 0.272 e. The lowest BCUT2D eigenvalue weighted by Crippen LogP contribution is -2.05. The number of pyridine rings is 2. The van der Waals surface area contributed by atoms with Crippen LogP contribution in [0.3, 0.4) is 0 Å². The van der Waals surface area contributed by atoms with E-state index in [1.165, 1.54) is 0 Å². The molecule has 0 bridgehead atoms. The summed E-state index contributed by atoms with van der Waals surface area (Å²) >= 11 is 0. The molecule has 4 rings (SSSR count). The molecule has 0 atom stereocenters. The van der Waals surface area contributed by atoms with Gasteiger partial charge in [0.2, 0.25) is 5.88 Å². The third-order valence-electron chi connectivity index (χ3n) is 3.81. The van der Waals surface area contributed by atoms with Crippen LogP contribution in [0.25, 0.3) is 32.9 Å². The molecule has 108 valence electrons. The summed E-state index contributed by atoms with van der Waals surface area (Å²) in [6.45, 7) is 0. The van der Waals surface area contributed by atoms with Crippen LogP contribution in [0.1, 0.15) is 0 Å². The molecule has 0 radical (unpaired) electrons. The molecule has 4 aromatic rings. The molecule has 0 aliphatic rings. The van der Waals surface area contributed by atoms with E-state index in [1.807, 2.05) is 30.3 Å². The largest absolute Gasteiger partial charge is 0.481 e. The molecular weight excluding hydrogens is 278 g/mol. The highest BCUT2D eigenvalue weighted by molar-refractivity contribution is 6.05. The maximum Gasteiger partial charge on any atom is 0.272 e. The van der Waals surface area contributed by atoms with Crippen molar-refractivity contribution in [1.29, 1.82) is 0 Å². The number of hydrogen-bond donors (Lipinski definition) is 2. The van der Waals surface area contributed by atoms with E-state index in [2.05, 4.69) is 21.0 Å². The SMILES string of the molecule is COc1ccc(-c2ccc3[nH]c(=O)c4[nH]ccc4c3c2)cn1. The minimum Gasteiger partial charge on any atom is -0.481 e. The lowest BCUT2D eigenvalue weighted by atomic mass is 10.0. The zero-order valence-corrected chi connectivity index (χ0v) is 11.9. The number of aromatic amines is 2. The van der Waals surface area contributed by atoms with Gasteiger partial charge in [-0.05, 0) is 29.8 Å². The highest BCUT2D eigenvalue weighted by Crippen LogP contribution is 2.27. The number of hydrogen-bond acceptors (Lipinski definition) is 3. The third kappa shape index (κ3) is 1.87. The molecule has 0 saturated carbocycles. The Labute approximate surface area is 125 Å². The van der Waals surface area contributed by atoms with Gasteiger partial charge in [0.25, 0.3) is 5.56 Å². The van der Waals surface area contributed by atoms with Crippen LogP contribution < -0.4 is 10.3 Å². The number of fused-ring (bicyclic) bond motifs is 3. The van der Waals surface area contributed by atoms with Crippen LogP contribution in [0.15, 0.2) is 53.6 Å². The zero-order chi connectivity index (χ0) is 15.1. The second-order valence-corrected chi connectivity index (χ2v) is 5.07. The second-order valence-electron chi connectivity index (χ2n) is 5.07. The number of H-pyrrole nitrogens is 2. The van der Waals surface area contributed by atoms with Gasteiger partial charge in [-0.1, -0.05) is 6.07 Å². The minimum atomic E-state index is -0.105. The van der Waals surface area contributed by atoms with Gasteiger partial charge in [0.05, 0.1) is 7.11 Å². The first-order valence-electron chi connectivity index (χ1n) is 6.90. The molecule has 3 heterocycles. The molecule has 22 heavy (non-hydrogen) atoms. The highest BCUT2D eigenvalue weighted by Gasteiger charge is 2.08. The van der Waals surface area contributed by atoms with Crippen LogP contribution >= 0.6 is 0 Å². The average molecular weight is 291 g/mol. The van der Waals surface area contributed by atoms with Crippen LogP contribution in [0.5, 0.6) is 5.88 Å². The standard InChI is InChI=1S/C17H13N3O2/c1-22-15-5-3-11(9-19-15)10-2-4-14-13(8-10)12-6-7-18-16(12)17(21)20-14/h2-9,18H,1H3,(H,20,21). The average Bonchev–Trinajstić information content (AvgIpc) is 3.05. The first-order chi connectivity index (χ1) is 10.8. The Bertz CT molecular complexity index is 1030. The van der Waals surface area contributed by atoms with Gasteiger partial charge in [-0.25, -0.2) is 4.98 Å². The highest BCUT2D eigenvalue weighted by atomic mass is 16.5. The molecule has 0 unspecified atom stereocenters. The Morgan fingerprint density at radius 1 is 1.05 bits per heavy atom. The molecule has 0 aliphatic carbocycles. The van der Waals surface area contributed by atoms with Crippen molar-refractivity contribution < 1.29 is 4.74 Å². The van der Waals surface area contributed by atoms with Gasteiger partial charge in [0, 0.05) is 40.3 Å². The molecule has 0 saturated heterocycles. The quantitative estimate of drug-likeness (QED) is 0.596. The van der Waals surface area contributed by atoms with Crippen molar-refractivity contribution >= 4 is 21.8 Å². The molecule has 0 amide bonds. The predicted octanol–water partition coefficient (Wildman–Crippen LogP) is 3.08. The van der Waals surface area contributed by atoms with Crippen LogP contribution in [0.2, 0.25) is 0 Å². The fourth-order valence-electron chi connectivity index (χ4n) is 2.69. The number of benzene rings is 1. The Balaban J connectivity index is 1.96. The molecular formula is C17H13N3O2. The maximum absolute atomic E-state index is 12.0. The van der Waals surface area contributed by atoms with Gasteiger partial charge >= 0.3 is 0 Å². The van der Waals surface area contributed by atoms with E-state index in [-0.39, 0.29) is 5.56 Å². The number of nitrogens with one attached hydrogen (secondary N) is 2. The van der Waals surface area contributed by atoms with Gasteiger partial charge < -0.3 is 14.7 Å². The van der Waals surface area contributed by atoms with Crippen molar-refractivity contribution in [2.24, 2.45) is 0 Å². The summed E-state index contributed by atoms with van der Waals surface area (Å²) in [5.74, 6) is 0.585. The first kappa shape index (κ1) is 12.6. The van der Waals surface area contributed by atoms with Gasteiger partial charge in [0.1, 0.15) is 5.52 Å². The Morgan fingerprint density at radius 3 is 2.68 bits per heavy atom. The van der Waals surface area contributed by atoms with Gasteiger partial charge in [-0.15, -0.1) is 0 Å². The van der Waals surface area contributed by atoms with Crippen molar-refractivity contribution in [3.8, 4) is 17.0 Å². The van der Waals surface area contributed by atoms with Gasteiger partial charge in [-0.3, -0.25) is 4.79 Å². The fourth-order valence-corrected chi connectivity index (χ4v) is 2.69. The maximum atomic E-state index is 12.0. The number of ether oxygens (including phenoxy) is 1. The van der Waals surface area contributed by atoms with E-state index in [0.29, 0.717) is 11.4 Å². The summed E-state index contributed by atoms with van der Waals surface area (Å²) in [6, 6.07) is 11.7. The van der Waals surface area contributed by atoms with Crippen molar-refractivity contribution in [1.82, 2.24) is 15.0 Å². The summed E-state index contributed by atoms with van der Waals surface area (Å²) in [7, 11) is 1.59. The molecule has 5 heteroatoms. The number of methoxy groups -OCH3 is 1. The lowest BCUT2D eigenvalue weighted by Gasteiger charge is -2.06. The molecule has 0 spiro atoms. The zero-order valence-electron chi connectivity index (χ0n) is 11.9. The molecule has 0 aliphatic heterocycles. The lowest BCUT2D eigenvalue weighted by molar-refractivity contribution is 0.398. The number of nitrogens with zero attached hydrogens (tertiary/aromatic N) is 1. The number of aromatic nitrogens is 3. The first-order valence-corrected chi connectivity index (χ1v) is 6.90. The van der Waals surface area contributed by atoms with Crippen molar-refractivity contribution in [3.63, 3.8) is 0 Å². The van der Waals surface area contributed by atoms with Crippen LogP contribution in [-0.2, 0) is 0 Å². The van der Waals surface area contributed by atoms with E-state index in [9.17, 15) is 4.79 Å². The number of rotatable bonds is 2. The molecule has 2 N–H and O–H groups in total. The molecule has 3 aromatic heterocycles. The topological polar surface area (TPSA) is 70.8 Å². The summed E-state index contributed by atoms with van der Waals surface area (Å²) in [4.78, 5) is 22.1. The summed E-state index contributed by atoms with van der Waals surface area (Å²) in [6.07, 6.45) is 3.56. The molecule has 1 aromatic carbocycles. The minimum absolute atomic E-state index is 0.105. The van der Waals surface area contributed by atoms with Gasteiger partial charge in [0.15, 0.2) is 0 Å². The Kier molecular flexibility index (Phi) is 2.72. The summed E-state index contributed by atoms with van der Waals surface area (Å²) in [5.41, 5.74) is 3.35. The third-order valence-corrected chi connectivity index (χ3v) is 3.81. The Hall–Kier alpha value is -3.08. The van der Waals surface area contributed by atoms with E-state index in [4.69, 9.17) is 4.74 Å². The van der Waals surface area contributed by atoms with E-state index in [0.717, 1.165) is 27.4 Å². The molecule has 5 nitrogen and oxygen atoms in total. The summed E-state index contributed by atoms with van der Waals surface area (Å²) < 4.78 is 5.08. The van der Waals surface area contributed by atoms with E-state index >= 15 is 0 Å². The van der Waals surface area contributed by atoms with Crippen molar-refractivity contribution in [2.45, 2.75) is 0 Å².